The fourth-order valence-corrected chi connectivity index (χ4v) is 3.80. The molecule has 0 aliphatic rings. The lowest BCUT2D eigenvalue weighted by atomic mass is 10.0. The molecule has 0 saturated heterocycles. The average molecular weight is 417 g/mol. The van der Waals surface area contributed by atoms with Crippen LogP contribution in [-0.2, 0) is 6.18 Å². The molecule has 0 amide bonds. The van der Waals surface area contributed by atoms with Gasteiger partial charge in [-0.1, -0.05) is 54.1 Å². The zero-order chi connectivity index (χ0) is 21.6. The van der Waals surface area contributed by atoms with Crippen molar-refractivity contribution in [1.82, 2.24) is 15.0 Å². The number of nitrogens with zero attached hydrogens (tertiary/aromatic N) is 1. The number of H-pyrrole nitrogens is 2. The van der Waals surface area contributed by atoms with E-state index in [2.05, 4.69) is 16.0 Å². The number of imidazole rings is 1. The summed E-state index contributed by atoms with van der Waals surface area (Å²) in [5, 5.41) is 1.00. The molecule has 3 nitrogen and oxygen atoms in total. The van der Waals surface area contributed by atoms with Gasteiger partial charge in [-0.3, -0.25) is 0 Å². The molecule has 2 N–H and O–H groups in total. The van der Waals surface area contributed by atoms with Crippen LogP contribution >= 0.6 is 0 Å². The second-order valence-electron chi connectivity index (χ2n) is 7.50. The first-order chi connectivity index (χ1) is 14.9. The Labute approximate surface area is 176 Å². The third kappa shape index (κ3) is 3.50. The number of rotatable bonds is 3. The topological polar surface area (TPSA) is 44.5 Å². The summed E-state index contributed by atoms with van der Waals surface area (Å²) in [4.78, 5) is 11.3. The highest BCUT2D eigenvalue weighted by Gasteiger charge is 2.31. The van der Waals surface area contributed by atoms with Crippen LogP contribution in [0.1, 0.15) is 11.1 Å². The Morgan fingerprint density at radius 1 is 0.839 bits per heavy atom. The molecular formula is C25H18F3N3. The van der Waals surface area contributed by atoms with Crippen LogP contribution in [-0.4, -0.2) is 15.0 Å². The Morgan fingerprint density at radius 2 is 1.61 bits per heavy atom. The molecule has 0 aliphatic carbocycles. The van der Waals surface area contributed by atoms with E-state index in [0.29, 0.717) is 22.8 Å². The lowest BCUT2D eigenvalue weighted by Gasteiger charge is -2.09. The number of nitrogens with one attached hydrogen (secondary N) is 2. The van der Waals surface area contributed by atoms with Crippen molar-refractivity contribution < 1.29 is 13.2 Å². The van der Waals surface area contributed by atoms with Crippen LogP contribution in [0.4, 0.5) is 13.2 Å². The number of aromatic nitrogens is 3. The number of alkyl halides is 3. The van der Waals surface area contributed by atoms with Crippen molar-refractivity contribution in [2.75, 3.05) is 0 Å². The van der Waals surface area contributed by atoms with E-state index in [-0.39, 0.29) is 0 Å². The summed E-state index contributed by atoms with van der Waals surface area (Å²) in [6.07, 6.45) is -2.55. The molecule has 2 aromatic heterocycles. The molecule has 5 rings (SSSR count). The van der Waals surface area contributed by atoms with Crippen LogP contribution in [0.3, 0.4) is 0 Å². The minimum absolute atomic E-state index is 0.434. The molecule has 6 heteroatoms. The molecule has 0 radical (unpaired) electrons. The first kappa shape index (κ1) is 19.2. The molecule has 5 aromatic rings. The van der Waals surface area contributed by atoms with Gasteiger partial charge in [0.05, 0.1) is 17.0 Å². The van der Waals surface area contributed by atoms with Crippen molar-refractivity contribution in [2.45, 2.75) is 13.1 Å². The van der Waals surface area contributed by atoms with Crippen LogP contribution in [0.5, 0.6) is 0 Å². The van der Waals surface area contributed by atoms with E-state index >= 15 is 0 Å². The minimum atomic E-state index is -4.42. The van der Waals surface area contributed by atoms with E-state index < -0.39 is 11.7 Å². The smallest absolute Gasteiger partial charge is 0.360 e. The molecule has 3 aromatic carbocycles. The molecule has 0 unspecified atom stereocenters. The number of fused-ring (bicyclic) bond motifs is 1. The molecule has 0 atom stereocenters. The average Bonchev–Trinajstić information content (AvgIpc) is 3.38. The van der Waals surface area contributed by atoms with Gasteiger partial charge in [-0.15, -0.1) is 0 Å². The molecule has 154 valence electrons. The van der Waals surface area contributed by atoms with Gasteiger partial charge in [0.15, 0.2) is 0 Å². The quantitative estimate of drug-likeness (QED) is 0.320. The Hall–Kier alpha value is -3.80. The van der Waals surface area contributed by atoms with Crippen LogP contribution < -0.4 is 0 Å². The summed E-state index contributed by atoms with van der Waals surface area (Å²) in [5.41, 5.74) is 4.68. The summed E-state index contributed by atoms with van der Waals surface area (Å²) in [7, 11) is 0. The Balaban J connectivity index is 1.73. The third-order valence-electron chi connectivity index (χ3n) is 5.32. The molecular weight excluding hydrogens is 399 g/mol. The van der Waals surface area contributed by atoms with Gasteiger partial charge in [-0.05, 0) is 31.2 Å². The van der Waals surface area contributed by atoms with Gasteiger partial charge >= 0.3 is 6.18 Å². The largest absolute Gasteiger partial charge is 0.416 e. The van der Waals surface area contributed by atoms with Gasteiger partial charge in [0.2, 0.25) is 0 Å². The fourth-order valence-electron chi connectivity index (χ4n) is 3.80. The predicted octanol–water partition coefficient (Wildman–Crippen LogP) is 7.22. The molecule has 2 heterocycles. The summed E-state index contributed by atoms with van der Waals surface area (Å²) >= 11 is 0. The Morgan fingerprint density at radius 3 is 2.39 bits per heavy atom. The van der Waals surface area contributed by atoms with Crippen LogP contribution in [0.15, 0.2) is 79.0 Å². The molecule has 0 fully saturated rings. The zero-order valence-corrected chi connectivity index (χ0v) is 16.6. The summed E-state index contributed by atoms with van der Waals surface area (Å²) in [6, 6.07) is 20.9. The van der Waals surface area contributed by atoms with E-state index in [1.54, 1.807) is 6.07 Å². The third-order valence-corrected chi connectivity index (χ3v) is 5.32. The monoisotopic (exact) mass is 417 g/mol. The van der Waals surface area contributed by atoms with Crippen molar-refractivity contribution in [3.05, 3.63) is 90.1 Å². The fraction of sp³-hybridized carbons (Fsp3) is 0.0800. The van der Waals surface area contributed by atoms with Gasteiger partial charge in [0.1, 0.15) is 5.82 Å². The van der Waals surface area contributed by atoms with Crippen molar-refractivity contribution in [3.8, 4) is 33.9 Å². The molecule has 31 heavy (non-hydrogen) atoms. The first-order valence-electron chi connectivity index (χ1n) is 9.81. The van der Waals surface area contributed by atoms with Crippen molar-refractivity contribution in [2.24, 2.45) is 0 Å². The minimum Gasteiger partial charge on any atom is -0.360 e. The lowest BCUT2D eigenvalue weighted by molar-refractivity contribution is -0.137. The summed E-state index contributed by atoms with van der Waals surface area (Å²) in [5.74, 6) is 0.600. The number of halogens is 3. The van der Waals surface area contributed by atoms with E-state index in [0.717, 1.165) is 39.7 Å². The van der Waals surface area contributed by atoms with Gasteiger partial charge in [0.25, 0.3) is 0 Å². The molecule has 0 spiro atoms. The van der Waals surface area contributed by atoms with E-state index in [4.69, 9.17) is 4.98 Å². The maximum absolute atomic E-state index is 13.3. The second-order valence-corrected chi connectivity index (χ2v) is 7.50. The number of aromatic amines is 2. The van der Waals surface area contributed by atoms with Crippen LogP contribution in [0, 0.1) is 6.92 Å². The normalized spacial score (nSPS) is 11.9. The van der Waals surface area contributed by atoms with Gasteiger partial charge in [0, 0.05) is 33.8 Å². The first-order valence-corrected chi connectivity index (χ1v) is 9.81. The summed E-state index contributed by atoms with van der Waals surface area (Å²) in [6.45, 7) is 2.02. The van der Waals surface area contributed by atoms with Crippen molar-refractivity contribution in [3.63, 3.8) is 0 Å². The van der Waals surface area contributed by atoms with E-state index in [1.165, 1.54) is 6.07 Å². The maximum Gasteiger partial charge on any atom is 0.416 e. The Kier molecular flexibility index (Phi) is 4.43. The predicted molar refractivity (Wildman–Crippen MR) is 116 cm³/mol. The number of aryl methyl sites for hydroxylation is 1. The van der Waals surface area contributed by atoms with Gasteiger partial charge in [-0.2, -0.15) is 13.2 Å². The molecule has 0 aliphatic heterocycles. The number of benzene rings is 3. The molecule has 0 saturated carbocycles. The highest BCUT2D eigenvalue weighted by atomic mass is 19.4. The molecule has 0 bridgehead atoms. The van der Waals surface area contributed by atoms with Crippen molar-refractivity contribution in [1.29, 1.82) is 0 Å². The maximum atomic E-state index is 13.3. The highest BCUT2D eigenvalue weighted by molar-refractivity contribution is 5.95. The van der Waals surface area contributed by atoms with Crippen LogP contribution in [0.2, 0.25) is 0 Å². The lowest BCUT2D eigenvalue weighted by Crippen LogP contribution is -2.04. The number of hydrogen-bond acceptors (Lipinski definition) is 1. The van der Waals surface area contributed by atoms with Gasteiger partial charge in [-0.25, -0.2) is 4.98 Å². The van der Waals surface area contributed by atoms with Crippen molar-refractivity contribution >= 4 is 10.9 Å². The highest BCUT2D eigenvalue weighted by Crippen LogP contribution is 2.37. The van der Waals surface area contributed by atoms with Crippen LogP contribution in [0.25, 0.3) is 44.8 Å². The second kappa shape index (κ2) is 7.16. The standard InChI is InChI=1S/C25H18F3N3/c1-15-10-11-21-19(12-15)20(14-29-21)24-30-22(16-6-3-2-4-7-16)23(31-24)17-8-5-9-18(13-17)25(26,27)28/h2-14,29H,1H3,(H,30,31). The number of hydrogen-bond donors (Lipinski definition) is 2. The summed E-state index contributed by atoms with van der Waals surface area (Å²) < 4.78 is 40.0. The zero-order valence-electron chi connectivity index (χ0n) is 16.6. The Bertz CT molecular complexity index is 1380. The van der Waals surface area contributed by atoms with Gasteiger partial charge < -0.3 is 9.97 Å². The SMILES string of the molecule is Cc1ccc2[nH]cc(-c3nc(-c4ccccc4)c(-c4cccc(C(F)(F)F)c4)[nH]3)c2c1. The van der Waals surface area contributed by atoms with E-state index in [1.807, 2.05) is 55.6 Å². The van der Waals surface area contributed by atoms with E-state index in [9.17, 15) is 13.2 Å².